The molecule has 0 bridgehead atoms. The van der Waals surface area contributed by atoms with E-state index >= 15 is 0 Å². The molecule has 0 spiro atoms. The van der Waals surface area contributed by atoms with Gasteiger partial charge in [-0.05, 0) is 45.9 Å². The van der Waals surface area contributed by atoms with Crippen LogP contribution in [0.2, 0.25) is 0 Å². The molecule has 128 valence electrons. The van der Waals surface area contributed by atoms with E-state index in [0.29, 0.717) is 18.5 Å². The van der Waals surface area contributed by atoms with Gasteiger partial charge in [0.25, 0.3) is 0 Å². The molecule has 2 rings (SSSR count). The highest BCUT2D eigenvalue weighted by atomic mass is 16.2. The van der Waals surface area contributed by atoms with E-state index in [1.165, 1.54) is 16.7 Å². The lowest BCUT2D eigenvalue weighted by molar-refractivity contribution is -0.122. The predicted molar refractivity (Wildman–Crippen MR) is 94.1 cm³/mol. The number of rotatable bonds is 6. The summed E-state index contributed by atoms with van der Waals surface area (Å²) in [7, 11) is 2.01. The number of hydrazine groups is 1. The second kappa shape index (κ2) is 7.90. The van der Waals surface area contributed by atoms with Crippen molar-refractivity contribution in [1.82, 2.24) is 21.1 Å². The number of aryl methyl sites for hydroxylation is 2. The quantitative estimate of drug-likeness (QED) is 0.744. The summed E-state index contributed by atoms with van der Waals surface area (Å²) in [5.74, 6) is 0.608. The Balaban J connectivity index is 1.85. The summed E-state index contributed by atoms with van der Waals surface area (Å²) < 4.78 is 0. The van der Waals surface area contributed by atoms with Crippen LogP contribution in [0.3, 0.4) is 0 Å². The first kappa shape index (κ1) is 17.9. The predicted octanol–water partition coefficient (Wildman–Crippen LogP) is 1.52. The second-order valence-corrected chi connectivity index (χ2v) is 6.92. The Labute approximate surface area is 139 Å². The number of nitrogens with one attached hydrogen (secondary N) is 3. The molecule has 1 aliphatic heterocycles. The molecule has 3 atom stereocenters. The number of hydrogen-bond acceptors (Lipinski definition) is 4. The van der Waals surface area contributed by atoms with Crippen LogP contribution < -0.4 is 16.2 Å². The second-order valence-electron chi connectivity index (χ2n) is 6.92. The Bertz CT molecular complexity index is 546. The molecular formula is C18H30N4O. The molecule has 0 saturated carbocycles. The van der Waals surface area contributed by atoms with E-state index in [0.717, 1.165) is 13.1 Å². The number of likely N-dealkylation sites (N-methyl/N-ethyl adjacent to an activating group) is 1. The van der Waals surface area contributed by atoms with Crippen LogP contribution in [0.15, 0.2) is 18.2 Å². The van der Waals surface area contributed by atoms with Crippen molar-refractivity contribution < 1.29 is 4.79 Å². The van der Waals surface area contributed by atoms with Crippen LogP contribution in [0.4, 0.5) is 0 Å². The van der Waals surface area contributed by atoms with Crippen LogP contribution in [-0.4, -0.2) is 43.5 Å². The van der Waals surface area contributed by atoms with E-state index < -0.39 is 0 Å². The largest absolute Gasteiger partial charge is 0.348 e. The average molecular weight is 318 g/mol. The first-order valence-electron chi connectivity index (χ1n) is 8.40. The zero-order valence-electron chi connectivity index (χ0n) is 14.9. The summed E-state index contributed by atoms with van der Waals surface area (Å²) in [5, 5.41) is 3.12. The van der Waals surface area contributed by atoms with E-state index in [1.54, 1.807) is 0 Å². The normalized spacial score (nSPS) is 22.3. The molecule has 1 amide bonds. The van der Waals surface area contributed by atoms with Crippen LogP contribution in [0.25, 0.3) is 0 Å². The molecule has 5 nitrogen and oxygen atoms in total. The van der Waals surface area contributed by atoms with Gasteiger partial charge >= 0.3 is 0 Å². The van der Waals surface area contributed by atoms with Gasteiger partial charge in [0, 0.05) is 25.0 Å². The summed E-state index contributed by atoms with van der Waals surface area (Å²) in [6.45, 7) is 10.7. The smallest absolute Gasteiger partial charge is 0.234 e. The van der Waals surface area contributed by atoms with Gasteiger partial charge in [0.1, 0.15) is 0 Å². The van der Waals surface area contributed by atoms with Gasteiger partial charge in [-0.3, -0.25) is 20.5 Å². The van der Waals surface area contributed by atoms with Gasteiger partial charge in [0.2, 0.25) is 5.91 Å². The number of hydrogen-bond donors (Lipinski definition) is 3. The fraction of sp³-hybridized carbons (Fsp3) is 0.611. The third-order valence-electron chi connectivity index (χ3n) is 4.64. The third kappa shape index (κ3) is 5.03. The molecule has 0 aliphatic carbocycles. The Morgan fingerprint density at radius 1 is 1.43 bits per heavy atom. The molecular weight excluding hydrogens is 288 g/mol. The molecule has 1 aliphatic rings. The number of carbonyl (C=O) groups excluding carboxylic acids is 1. The molecule has 1 heterocycles. The molecule has 3 N–H and O–H groups in total. The number of nitrogens with zero attached hydrogens (tertiary/aromatic N) is 1. The minimum atomic E-state index is 0.0320. The lowest BCUT2D eigenvalue weighted by Crippen LogP contribution is -2.40. The molecule has 1 saturated heterocycles. The molecule has 3 unspecified atom stereocenters. The number of benzene rings is 1. The maximum atomic E-state index is 12.3. The van der Waals surface area contributed by atoms with Gasteiger partial charge in [-0.15, -0.1) is 0 Å². The average Bonchev–Trinajstić information content (AvgIpc) is 2.86. The lowest BCUT2D eigenvalue weighted by Gasteiger charge is -2.23. The van der Waals surface area contributed by atoms with Crippen molar-refractivity contribution in [2.24, 2.45) is 5.92 Å². The van der Waals surface area contributed by atoms with Crippen molar-refractivity contribution in [3.8, 4) is 0 Å². The van der Waals surface area contributed by atoms with Gasteiger partial charge in [-0.2, -0.15) is 0 Å². The Kier molecular flexibility index (Phi) is 6.16. The van der Waals surface area contributed by atoms with Gasteiger partial charge in [0.15, 0.2) is 0 Å². The van der Waals surface area contributed by atoms with Gasteiger partial charge in [0.05, 0.1) is 12.6 Å². The molecule has 1 aromatic rings. The van der Waals surface area contributed by atoms with Crippen LogP contribution in [0, 0.1) is 19.8 Å². The summed E-state index contributed by atoms with van der Waals surface area (Å²) in [5.41, 5.74) is 10.0. The highest BCUT2D eigenvalue weighted by Gasteiger charge is 2.24. The van der Waals surface area contributed by atoms with E-state index in [1.807, 2.05) is 14.0 Å². The van der Waals surface area contributed by atoms with Crippen LogP contribution in [0.1, 0.15) is 36.6 Å². The Morgan fingerprint density at radius 3 is 2.83 bits per heavy atom. The van der Waals surface area contributed by atoms with Crippen LogP contribution in [-0.2, 0) is 4.79 Å². The van der Waals surface area contributed by atoms with Crippen molar-refractivity contribution in [2.45, 2.75) is 39.8 Å². The topological polar surface area (TPSA) is 56.4 Å². The fourth-order valence-electron chi connectivity index (χ4n) is 3.17. The summed E-state index contributed by atoms with van der Waals surface area (Å²) in [6, 6.07) is 6.84. The Morgan fingerprint density at radius 2 is 2.17 bits per heavy atom. The SMILES string of the molecule is Cc1ccc(C)c(C(C)NC(=O)CN(C)CC2CNNC2C)c1. The van der Waals surface area contributed by atoms with Crippen LogP contribution in [0.5, 0.6) is 0 Å². The van der Waals surface area contributed by atoms with Crippen molar-refractivity contribution in [1.29, 1.82) is 0 Å². The zero-order chi connectivity index (χ0) is 17.0. The van der Waals surface area contributed by atoms with Crippen molar-refractivity contribution in [2.75, 3.05) is 26.7 Å². The highest BCUT2D eigenvalue weighted by molar-refractivity contribution is 5.78. The van der Waals surface area contributed by atoms with E-state index in [9.17, 15) is 4.79 Å². The molecule has 1 fully saturated rings. The van der Waals surface area contributed by atoms with Crippen molar-refractivity contribution in [3.63, 3.8) is 0 Å². The molecule has 1 aromatic carbocycles. The molecule has 5 heteroatoms. The third-order valence-corrected chi connectivity index (χ3v) is 4.64. The summed E-state index contributed by atoms with van der Waals surface area (Å²) >= 11 is 0. The summed E-state index contributed by atoms with van der Waals surface area (Å²) in [6.07, 6.45) is 0. The Hall–Kier alpha value is -1.43. The highest BCUT2D eigenvalue weighted by Crippen LogP contribution is 2.18. The van der Waals surface area contributed by atoms with E-state index in [4.69, 9.17) is 0 Å². The van der Waals surface area contributed by atoms with Crippen molar-refractivity contribution >= 4 is 5.91 Å². The monoisotopic (exact) mass is 318 g/mol. The zero-order valence-corrected chi connectivity index (χ0v) is 14.9. The number of carbonyl (C=O) groups is 1. The molecule has 0 aromatic heterocycles. The van der Waals surface area contributed by atoms with Crippen LogP contribution >= 0.6 is 0 Å². The minimum absolute atomic E-state index is 0.0320. The first-order chi connectivity index (χ1) is 10.9. The molecule has 23 heavy (non-hydrogen) atoms. The number of amides is 1. The van der Waals surface area contributed by atoms with E-state index in [2.05, 4.69) is 60.0 Å². The maximum Gasteiger partial charge on any atom is 0.234 e. The summed E-state index contributed by atoms with van der Waals surface area (Å²) in [4.78, 5) is 14.4. The fourth-order valence-corrected chi connectivity index (χ4v) is 3.17. The van der Waals surface area contributed by atoms with Gasteiger partial charge in [-0.1, -0.05) is 23.8 Å². The lowest BCUT2D eigenvalue weighted by atomic mass is 10.00. The van der Waals surface area contributed by atoms with Gasteiger partial charge < -0.3 is 5.32 Å². The van der Waals surface area contributed by atoms with E-state index in [-0.39, 0.29) is 11.9 Å². The first-order valence-corrected chi connectivity index (χ1v) is 8.40. The maximum absolute atomic E-state index is 12.3. The van der Waals surface area contributed by atoms with Gasteiger partial charge in [-0.25, -0.2) is 0 Å². The van der Waals surface area contributed by atoms with Crippen molar-refractivity contribution in [3.05, 3.63) is 34.9 Å². The standard InChI is InChI=1S/C18H30N4O/c1-12-6-7-13(2)17(8-12)15(4)20-18(23)11-22(5)10-16-9-19-21-14(16)3/h6-8,14-16,19,21H,9-11H2,1-5H3,(H,20,23). The minimum Gasteiger partial charge on any atom is -0.348 e. The molecule has 0 radical (unpaired) electrons.